The largest absolute Gasteiger partial charge is 0.507 e. The fourth-order valence-electron chi connectivity index (χ4n) is 2.05. The van der Waals surface area contributed by atoms with Gasteiger partial charge in [0, 0.05) is 17.7 Å². The molecule has 0 saturated carbocycles. The second kappa shape index (κ2) is 7.97. The van der Waals surface area contributed by atoms with Crippen LogP contribution in [0.5, 0.6) is 11.5 Å². The van der Waals surface area contributed by atoms with Crippen LogP contribution in [0.4, 0.5) is 0 Å². The van der Waals surface area contributed by atoms with E-state index < -0.39 is 12.1 Å². The van der Waals surface area contributed by atoms with Gasteiger partial charge in [0.2, 0.25) is 0 Å². The Hall–Kier alpha value is -3.08. The highest BCUT2D eigenvalue weighted by Crippen LogP contribution is 2.26. The van der Waals surface area contributed by atoms with E-state index in [-0.39, 0.29) is 23.7 Å². The number of hydrogen-bond acceptors (Lipinski definition) is 5. The minimum absolute atomic E-state index is 0.0519. The third-order valence-corrected chi connectivity index (χ3v) is 3.21. The highest BCUT2D eigenvalue weighted by Gasteiger charge is 2.15. The van der Waals surface area contributed by atoms with Crippen LogP contribution in [0.1, 0.15) is 22.8 Å². The zero-order valence-corrected chi connectivity index (χ0v) is 13.3. The monoisotopic (exact) mass is 326 g/mol. The van der Waals surface area contributed by atoms with Gasteiger partial charge in [-0.15, -0.1) is 0 Å². The number of phenols is 1. The average molecular weight is 326 g/mol. The molecule has 0 aromatic heterocycles. The molecule has 124 valence electrons. The molecule has 0 bridgehead atoms. The number of ether oxygens (including phenoxy) is 2. The van der Waals surface area contributed by atoms with Gasteiger partial charge >= 0.3 is 5.97 Å². The minimum Gasteiger partial charge on any atom is -0.507 e. The molecule has 2 aromatic carbocycles. The molecule has 0 aliphatic rings. The molecule has 0 fully saturated rings. The van der Waals surface area contributed by atoms with Gasteiger partial charge in [-0.2, -0.15) is 0 Å². The number of esters is 1. The summed E-state index contributed by atoms with van der Waals surface area (Å²) >= 11 is 0. The minimum atomic E-state index is -0.530. The summed E-state index contributed by atoms with van der Waals surface area (Å²) in [5, 5.41) is 10.1. The second-order valence-corrected chi connectivity index (χ2v) is 5.14. The third-order valence-electron chi connectivity index (χ3n) is 3.21. The molecule has 5 heteroatoms. The predicted octanol–water partition coefficient (Wildman–Crippen LogP) is 3.12. The van der Waals surface area contributed by atoms with E-state index in [1.807, 2.05) is 6.07 Å². The SMILES string of the molecule is C=CC(=O)OCC(C)Oc1ccc(C(=O)c2ccccc2)c(O)c1. The first-order chi connectivity index (χ1) is 11.5. The summed E-state index contributed by atoms with van der Waals surface area (Å²) in [4.78, 5) is 23.3. The van der Waals surface area contributed by atoms with E-state index >= 15 is 0 Å². The number of aromatic hydroxyl groups is 1. The van der Waals surface area contributed by atoms with Gasteiger partial charge in [0.1, 0.15) is 24.2 Å². The van der Waals surface area contributed by atoms with Gasteiger partial charge in [-0.25, -0.2) is 4.79 Å². The van der Waals surface area contributed by atoms with Crippen LogP contribution >= 0.6 is 0 Å². The Morgan fingerprint density at radius 1 is 1.21 bits per heavy atom. The second-order valence-electron chi connectivity index (χ2n) is 5.14. The van der Waals surface area contributed by atoms with E-state index in [1.165, 1.54) is 12.1 Å². The Morgan fingerprint density at radius 3 is 2.54 bits per heavy atom. The van der Waals surface area contributed by atoms with Crippen molar-refractivity contribution >= 4 is 11.8 Å². The van der Waals surface area contributed by atoms with E-state index in [2.05, 4.69) is 6.58 Å². The Labute approximate surface area is 140 Å². The lowest BCUT2D eigenvalue weighted by Gasteiger charge is -2.15. The van der Waals surface area contributed by atoms with Gasteiger partial charge in [-0.05, 0) is 19.1 Å². The van der Waals surface area contributed by atoms with E-state index in [9.17, 15) is 14.7 Å². The van der Waals surface area contributed by atoms with Crippen LogP contribution in [0, 0.1) is 0 Å². The molecule has 0 spiro atoms. The molecule has 24 heavy (non-hydrogen) atoms. The summed E-state index contributed by atoms with van der Waals surface area (Å²) in [6.07, 6.45) is 0.659. The number of rotatable bonds is 7. The maximum absolute atomic E-state index is 12.3. The van der Waals surface area contributed by atoms with Crippen LogP contribution < -0.4 is 4.74 Å². The van der Waals surface area contributed by atoms with E-state index in [0.29, 0.717) is 11.3 Å². The van der Waals surface area contributed by atoms with E-state index in [1.54, 1.807) is 37.3 Å². The normalized spacial score (nSPS) is 11.4. The summed E-state index contributed by atoms with van der Waals surface area (Å²) < 4.78 is 10.4. The number of ketones is 1. The molecule has 0 heterocycles. The smallest absolute Gasteiger partial charge is 0.330 e. The summed E-state index contributed by atoms with van der Waals surface area (Å²) in [6, 6.07) is 13.1. The lowest BCUT2D eigenvalue weighted by molar-refractivity contribution is -0.139. The van der Waals surface area contributed by atoms with Crippen LogP contribution in [0.15, 0.2) is 61.2 Å². The van der Waals surface area contributed by atoms with Crippen LogP contribution in [0.25, 0.3) is 0 Å². The maximum atomic E-state index is 12.3. The fourth-order valence-corrected chi connectivity index (χ4v) is 2.05. The molecular weight excluding hydrogens is 308 g/mol. The highest BCUT2D eigenvalue weighted by molar-refractivity contribution is 6.10. The molecule has 0 radical (unpaired) electrons. The lowest BCUT2D eigenvalue weighted by atomic mass is 10.0. The fraction of sp³-hybridized carbons (Fsp3) is 0.158. The van der Waals surface area contributed by atoms with E-state index in [4.69, 9.17) is 9.47 Å². The Balaban J connectivity index is 2.05. The van der Waals surface area contributed by atoms with Gasteiger partial charge in [-0.1, -0.05) is 36.9 Å². The zero-order chi connectivity index (χ0) is 17.5. The Bertz CT molecular complexity index is 737. The molecule has 2 aromatic rings. The van der Waals surface area contributed by atoms with Gasteiger partial charge in [0.15, 0.2) is 5.78 Å². The molecule has 1 atom stereocenters. The number of phenolic OH excluding ortho intramolecular Hbond substituents is 1. The van der Waals surface area contributed by atoms with Gasteiger partial charge in [0.05, 0.1) is 5.56 Å². The molecule has 1 unspecified atom stereocenters. The quantitative estimate of drug-likeness (QED) is 0.481. The summed E-state index contributed by atoms with van der Waals surface area (Å²) in [5.41, 5.74) is 0.686. The molecule has 0 aliphatic carbocycles. The number of hydrogen-bond donors (Lipinski definition) is 1. The average Bonchev–Trinajstić information content (AvgIpc) is 2.60. The van der Waals surface area contributed by atoms with Crippen molar-refractivity contribution in [3.8, 4) is 11.5 Å². The first-order valence-electron chi connectivity index (χ1n) is 7.40. The first kappa shape index (κ1) is 17.3. The number of carbonyl (C=O) groups is 2. The topological polar surface area (TPSA) is 72.8 Å². The van der Waals surface area contributed by atoms with Crippen molar-refractivity contribution < 1.29 is 24.2 Å². The van der Waals surface area contributed by atoms with Crippen molar-refractivity contribution in [1.82, 2.24) is 0 Å². The van der Waals surface area contributed by atoms with Crippen molar-refractivity contribution in [3.05, 3.63) is 72.3 Å². The zero-order valence-electron chi connectivity index (χ0n) is 13.3. The maximum Gasteiger partial charge on any atom is 0.330 e. The predicted molar refractivity (Wildman–Crippen MR) is 89.2 cm³/mol. The van der Waals surface area contributed by atoms with Gasteiger partial charge < -0.3 is 14.6 Å². The third kappa shape index (κ3) is 4.46. The number of benzene rings is 2. The van der Waals surface area contributed by atoms with Gasteiger partial charge in [-0.3, -0.25) is 4.79 Å². The van der Waals surface area contributed by atoms with Crippen LogP contribution in [-0.4, -0.2) is 29.6 Å². The van der Waals surface area contributed by atoms with E-state index in [0.717, 1.165) is 6.08 Å². The first-order valence-corrected chi connectivity index (χ1v) is 7.40. The molecule has 0 amide bonds. The molecule has 1 N–H and O–H groups in total. The molecule has 2 rings (SSSR count). The van der Waals surface area contributed by atoms with Crippen molar-refractivity contribution in [2.45, 2.75) is 13.0 Å². The summed E-state index contributed by atoms with van der Waals surface area (Å²) in [6.45, 7) is 5.08. The molecule has 0 saturated heterocycles. The lowest BCUT2D eigenvalue weighted by Crippen LogP contribution is -2.20. The Kier molecular flexibility index (Phi) is 5.73. The van der Waals surface area contributed by atoms with Crippen LogP contribution in [0.2, 0.25) is 0 Å². The van der Waals surface area contributed by atoms with Crippen molar-refractivity contribution in [2.75, 3.05) is 6.61 Å². The highest BCUT2D eigenvalue weighted by atomic mass is 16.6. The molecule has 5 nitrogen and oxygen atoms in total. The van der Waals surface area contributed by atoms with Crippen molar-refractivity contribution in [1.29, 1.82) is 0 Å². The van der Waals surface area contributed by atoms with Crippen molar-refractivity contribution in [3.63, 3.8) is 0 Å². The van der Waals surface area contributed by atoms with Gasteiger partial charge in [0.25, 0.3) is 0 Å². The van der Waals surface area contributed by atoms with Crippen LogP contribution in [0.3, 0.4) is 0 Å². The summed E-state index contributed by atoms with van der Waals surface area (Å²) in [5.74, 6) is -0.597. The Morgan fingerprint density at radius 2 is 1.92 bits per heavy atom. The molecular formula is C19H18O5. The standard InChI is InChI=1S/C19H18O5/c1-3-18(21)23-12-13(2)24-15-9-10-16(17(20)11-15)19(22)14-7-5-4-6-8-14/h3-11,13,20H,1,12H2,2H3. The number of carbonyl (C=O) groups excluding carboxylic acids is 2. The van der Waals surface area contributed by atoms with Crippen LogP contribution in [-0.2, 0) is 9.53 Å². The molecule has 0 aliphatic heterocycles. The van der Waals surface area contributed by atoms with Crippen molar-refractivity contribution in [2.24, 2.45) is 0 Å². The summed E-state index contributed by atoms with van der Waals surface area (Å²) in [7, 11) is 0.